The summed E-state index contributed by atoms with van der Waals surface area (Å²) in [7, 11) is -3.45. The van der Waals surface area contributed by atoms with Gasteiger partial charge in [0.05, 0.1) is 16.5 Å². The molecule has 0 saturated heterocycles. The summed E-state index contributed by atoms with van der Waals surface area (Å²) >= 11 is 0. The monoisotopic (exact) mass is 369 g/mol. The van der Waals surface area contributed by atoms with Crippen LogP contribution >= 0.6 is 0 Å². The number of nitrogens with zero attached hydrogens (tertiary/aromatic N) is 1. The normalized spacial score (nSPS) is 13.8. The molecule has 0 atom stereocenters. The minimum absolute atomic E-state index is 0.0721. The van der Waals surface area contributed by atoms with E-state index in [0.717, 1.165) is 18.4 Å². The molecule has 0 bridgehead atoms. The standard InChI is InChI=1S/C19H19N3O3S/c20-13-15-2-1-3-17(12-15)21-19(23)11-6-14-4-9-18(10-5-14)26(24,25)22-16-7-8-16/h1-5,9-10,12,16,22H,6-8,11H2,(H,21,23). The Bertz CT molecular complexity index is 943. The first-order chi connectivity index (χ1) is 12.5. The summed E-state index contributed by atoms with van der Waals surface area (Å²) in [4.78, 5) is 12.3. The van der Waals surface area contributed by atoms with E-state index in [4.69, 9.17) is 5.26 Å². The zero-order valence-electron chi connectivity index (χ0n) is 14.1. The minimum atomic E-state index is -3.45. The molecule has 0 aromatic heterocycles. The number of benzene rings is 2. The van der Waals surface area contributed by atoms with Crippen molar-refractivity contribution in [1.82, 2.24) is 4.72 Å². The van der Waals surface area contributed by atoms with E-state index in [1.54, 1.807) is 48.5 Å². The third-order valence-electron chi connectivity index (χ3n) is 4.05. The summed E-state index contributed by atoms with van der Waals surface area (Å²) in [5.74, 6) is -0.160. The smallest absolute Gasteiger partial charge is 0.240 e. The number of hydrogen-bond acceptors (Lipinski definition) is 4. The average Bonchev–Trinajstić information content (AvgIpc) is 3.44. The predicted molar refractivity (Wildman–Crippen MR) is 97.9 cm³/mol. The third-order valence-corrected chi connectivity index (χ3v) is 5.59. The number of nitrogens with one attached hydrogen (secondary N) is 2. The molecule has 0 unspecified atom stereocenters. The molecule has 2 aromatic rings. The van der Waals surface area contributed by atoms with Crippen LogP contribution in [0.1, 0.15) is 30.4 Å². The molecular weight excluding hydrogens is 350 g/mol. The number of carbonyl (C=O) groups is 1. The maximum Gasteiger partial charge on any atom is 0.240 e. The summed E-state index contributed by atoms with van der Waals surface area (Å²) < 4.78 is 26.9. The molecule has 1 saturated carbocycles. The quantitative estimate of drug-likeness (QED) is 0.783. The predicted octanol–water partition coefficient (Wildman–Crippen LogP) is 2.57. The van der Waals surface area contributed by atoms with Crippen LogP contribution in [0.3, 0.4) is 0 Å². The van der Waals surface area contributed by atoms with Crippen LogP contribution in [0.15, 0.2) is 53.4 Å². The Balaban J connectivity index is 1.54. The first-order valence-electron chi connectivity index (χ1n) is 8.37. The van der Waals surface area contributed by atoms with Crippen LogP contribution in [0.4, 0.5) is 5.69 Å². The Morgan fingerprint density at radius 2 is 1.88 bits per heavy atom. The third kappa shape index (κ3) is 4.91. The number of hydrogen-bond donors (Lipinski definition) is 2. The zero-order chi connectivity index (χ0) is 18.6. The van der Waals surface area contributed by atoms with E-state index in [1.165, 1.54) is 0 Å². The number of rotatable bonds is 7. The van der Waals surface area contributed by atoms with E-state index in [1.807, 2.05) is 6.07 Å². The highest BCUT2D eigenvalue weighted by Gasteiger charge is 2.27. The first kappa shape index (κ1) is 18.1. The highest BCUT2D eigenvalue weighted by Crippen LogP contribution is 2.22. The zero-order valence-corrected chi connectivity index (χ0v) is 14.9. The molecule has 2 aromatic carbocycles. The van der Waals surface area contributed by atoms with Gasteiger partial charge in [0.25, 0.3) is 0 Å². The molecule has 3 rings (SSSR count). The lowest BCUT2D eigenvalue weighted by atomic mass is 10.1. The molecular formula is C19H19N3O3S. The number of aryl methyl sites for hydroxylation is 1. The van der Waals surface area contributed by atoms with Crippen molar-refractivity contribution in [2.75, 3.05) is 5.32 Å². The second-order valence-electron chi connectivity index (χ2n) is 6.28. The van der Waals surface area contributed by atoms with Gasteiger partial charge in [-0.1, -0.05) is 18.2 Å². The largest absolute Gasteiger partial charge is 0.326 e. The number of amides is 1. The van der Waals surface area contributed by atoms with Gasteiger partial charge >= 0.3 is 0 Å². The number of anilines is 1. The molecule has 6 nitrogen and oxygen atoms in total. The van der Waals surface area contributed by atoms with Crippen LogP contribution in [-0.2, 0) is 21.2 Å². The van der Waals surface area contributed by atoms with Crippen LogP contribution in [0.2, 0.25) is 0 Å². The lowest BCUT2D eigenvalue weighted by Gasteiger charge is -2.08. The molecule has 0 radical (unpaired) electrons. The fraction of sp³-hybridized carbons (Fsp3) is 0.263. The van der Waals surface area contributed by atoms with Gasteiger partial charge in [-0.3, -0.25) is 4.79 Å². The number of nitriles is 1. The van der Waals surface area contributed by atoms with Crippen molar-refractivity contribution in [2.24, 2.45) is 0 Å². The Hall–Kier alpha value is -2.69. The van der Waals surface area contributed by atoms with Gasteiger partial charge in [0.15, 0.2) is 0 Å². The highest BCUT2D eigenvalue weighted by atomic mass is 32.2. The van der Waals surface area contributed by atoms with Crippen LogP contribution in [0.25, 0.3) is 0 Å². The van der Waals surface area contributed by atoms with E-state index in [0.29, 0.717) is 17.7 Å². The van der Waals surface area contributed by atoms with Crippen molar-refractivity contribution in [3.63, 3.8) is 0 Å². The van der Waals surface area contributed by atoms with Gasteiger partial charge < -0.3 is 5.32 Å². The van der Waals surface area contributed by atoms with Crippen LogP contribution in [0.5, 0.6) is 0 Å². The summed E-state index contributed by atoms with van der Waals surface area (Å²) in [6.07, 6.45) is 2.55. The summed E-state index contributed by atoms with van der Waals surface area (Å²) in [6, 6.07) is 15.4. The fourth-order valence-corrected chi connectivity index (χ4v) is 3.78. The Morgan fingerprint density at radius 3 is 2.54 bits per heavy atom. The minimum Gasteiger partial charge on any atom is -0.326 e. The van der Waals surface area contributed by atoms with E-state index in [9.17, 15) is 13.2 Å². The molecule has 26 heavy (non-hydrogen) atoms. The van der Waals surface area contributed by atoms with E-state index < -0.39 is 10.0 Å². The lowest BCUT2D eigenvalue weighted by Crippen LogP contribution is -2.25. The lowest BCUT2D eigenvalue weighted by molar-refractivity contribution is -0.116. The van der Waals surface area contributed by atoms with Gasteiger partial charge in [-0.15, -0.1) is 0 Å². The molecule has 1 amide bonds. The van der Waals surface area contributed by atoms with Crippen molar-refractivity contribution in [3.05, 3.63) is 59.7 Å². The van der Waals surface area contributed by atoms with Gasteiger partial charge in [0.1, 0.15) is 0 Å². The maximum atomic E-state index is 12.1. The van der Waals surface area contributed by atoms with Crippen LogP contribution < -0.4 is 10.0 Å². The van der Waals surface area contributed by atoms with Crippen molar-refractivity contribution in [1.29, 1.82) is 5.26 Å². The molecule has 0 spiro atoms. The van der Waals surface area contributed by atoms with Gasteiger partial charge in [-0.2, -0.15) is 5.26 Å². The Labute approximate surface area is 152 Å². The van der Waals surface area contributed by atoms with Gasteiger partial charge in [0.2, 0.25) is 15.9 Å². The number of carbonyl (C=O) groups excluding carboxylic acids is 1. The average molecular weight is 369 g/mol. The van der Waals surface area contributed by atoms with E-state index >= 15 is 0 Å². The number of sulfonamides is 1. The van der Waals surface area contributed by atoms with Gasteiger partial charge in [-0.05, 0) is 55.2 Å². The molecule has 0 heterocycles. The molecule has 7 heteroatoms. The fourth-order valence-electron chi connectivity index (χ4n) is 2.47. The van der Waals surface area contributed by atoms with E-state index in [-0.39, 0.29) is 23.3 Å². The second-order valence-corrected chi connectivity index (χ2v) is 7.99. The summed E-state index contributed by atoms with van der Waals surface area (Å²) in [5, 5.41) is 11.6. The van der Waals surface area contributed by atoms with Crippen LogP contribution in [-0.4, -0.2) is 20.4 Å². The summed E-state index contributed by atoms with van der Waals surface area (Å²) in [5.41, 5.74) is 1.96. The summed E-state index contributed by atoms with van der Waals surface area (Å²) in [6.45, 7) is 0. The first-order valence-corrected chi connectivity index (χ1v) is 9.86. The SMILES string of the molecule is N#Cc1cccc(NC(=O)CCc2ccc(S(=O)(=O)NC3CC3)cc2)c1. The second kappa shape index (κ2) is 7.68. The van der Waals surface area contributed by atoms with Gasteiger partial charge in [-0.25, -0.2) is 13.1 Å². The Morgan fingerprint density at radius 1 is 1.15 bits per heavy atom. The molecule has 0 aliphatic heterocycles. The topological polar surface area (TPSA) is 99.1 Å². The maximum absolute atomic E-state index is 12.1. The van der Waals surface area contributed by atoms with Gasteiger partial charge in [0, 0.05) is 18.2 Å². The molecule has 134 valence electrons. The van der Waals surface area contributed by atoms with Crippen molar-refractivity contribution in [3.8, 4) is 6.07 Å². The van der Waals surface area contributed by atoms with Crippen molar-refractivity contribution < 1.29 is 13.2 Å². The van der Waals surface area contributed by atoms with Crippen LogP contribution in [0, 0.1) is 11.3 Å². The van der Waals surface area contributed by atoms with Crippen molar-refractivity contribution >= 4 is 21.6 Å². The highest BCUT2D eigenvalue weighted by molar-refractivity contribution is 7.89. The molecule has 1 aliphatic rings. The van der Waals surface area contributed by atoms with E-state index in [2.05, 4.69) is 10.0 Å². The van der Waals surface area contributed by atoms with Crippen molar-refractivity contribution in [2.45, 2.75) is 36.6 Å². The molecule has 1 aliphatic carbocycles. The molecule has 2 N–H and O–H groups in total. The Kier molecular flexibility index (Phi) is 5.35. The molecule has 1 fully saturated rings.